The normalized spacial score (nSPS) is 25.6. The van der Waals surface area contributed by atoms with Crippen molar-refractivity contribution in [2.24, 2.45) is 11.8 Å². The molecule has 1 aromatic carbocycles. The Kier molecular flexibility index (Phi) is 3.54. The van der Waals surface area contributed by atoms with E-state index in [0.717, 1.165) is 24.9 Å². The van der Waals surface area contributed by atoms with Crippen molar-refractivity contribution in [2.75, 3.05) is 13.1 Å². The molecule has 3 heteroatoms. The van der Waals surface area contributed by atoms with Gasteiger partial charge in [-0.25, -0.2) is 4.39 Å². The lowest BCUT2D eigenvalue weighted by Gasteiger charge is -2.17. The number of likely N-dealkylation sites (tertiary alicyclic amines) is 1. The maximum atomic E-state index is 13.5. The van der Waals surface area contributed by atoms with E-state index in [-0.39, 0.29) is 11.7 Å². The molecule has 0 radical (unpaired) electrons. The molecular formula is C16H20FNO. The fraction of sp³-hybridized carbons (Fsp3) is 0.562. The predicted octanol–water partition coefficient (Wildman–Crippen LogP) is 3.02. The molecule has 1 aliphatic heterocycles. The summed E-state index contributed by atoms with van der Waals surface area (Å²) in [4.78, 5) is 14.2. The van der Waals surface area contributed by atoms with Gasteiger partial charge in [0.25, 0.3) is 0 Å². The molecule has 2 unspecified atom stereocenters. The zero-order chi connectivity index (χ0) is 13.2. The molecular weight excluding hydrogens is 241 g/mol. The summed E-state index contributed by atoms with van der Waals surface area (Å²) in [5, 5.41) is 0. The topological polar surface area (TPSA) is 20.3 Å². The first kappa shape index (κ1) is 12.6. The van der Waals surface area contributed by atoms with Crippen LogP contribution in [0.4, 0.5) is 4.39 Å². The van der Waals surface area contributed by atoms with E-state index in [4.69, 9.17) is 0 Å². The zero-order valence-electron chi connectivity index (χ0n) is 11.1. The minimum absolute atomic E-state index is 0.192. The van der Waals surface area contributed by atoms with Gasteiger partial charge >= 0.3 is 0 Å². The molecule has 0 aromatic heterocycles. The third-order valence-corrected chi connectivity index (χ3v) is 4.65. The quantitative estimate of drug-likeness (QED) is 0.819. The fourth-order valence-electron chi connectivity index (χ4n) is 3.54. The summed E-state index contributed by atoms with van der Waals surface area (Å²) >= 11 is 0. The maximum Gasteiger partial charge on any atom is 0.222 e. The highest BCUT2D eigenvalue weighted by Gasteiger charge is 2.37. The number of carbonyl (C=O) groups is 1. The first-order chi connectivity index (χ1) is 9.24. The summed E-state index contributed by atoms with van der Waals surface area (Å²) in [6, 6.07) is 6.73. The summed E-state index contributed by atoms with van der Waals surface area (Å²) in [6.45, 7) is 1.86. The smallest absolute Gasteiger partial charge is 0.222 e. The van der Waals surface area contributed by atoms with Gasteiger partial charge in [-0.3, -0.25) is 4.79 Å². The number of hydrogen-bond donors (Lipinski definition) is 0. The first-order valence-corrected chi connectivity index (χ1v) is 7.25. The van der Waals surface area contributed by atoms with E-state index < -0.39 is 0 Å². The van der Waals surface area contributed by atoms with E-state index in [9.17, 15) is 9.18 Å². The molecule has 0 N–H and O–H groups in total. The molecule has 3 rings (SSSR count). The summed E-state index contributed by atoms with van der Waals surface area (Å²) in [7, 11) is 0. The Morgan fingerprint density at radius 3 is 2.58 bits per heavy atom. The van der Waals surface area contributed by atoms with Crippen molar-refractivity contribution in [3.8, 4) is 0 Å². The van der Waals surface area contributed by atoms with E-state index in [2.05, 4.69) is 0 Å². The Balaban J connectivity index is 1.54. The average Bonchev–Trinajstić information content (AvgIpc) is 2.98. The Bertz CT molecular complexity index is 462. The number of hydrogen-bond acceptors (Lipinski definition) is 1. The van der Waals surface area contributed by atoms with Crippen molar-refractivity contribution < 1.29 is 9.18 Å². The molecule has 2 fully saturated rings. The van der Waals surface area contributed by atoms with E-state index in [0.29, 0.717) is 18.4 Å². The third kappa shape index (κ3) is 2.65. The molecule has 1 amide bonds. The molecule has 19 heavy (non-hydrogen) atoms. The highest BCUT2D eigenvalue weighted by molar-refractivity contribution is 5.76. The summed E-state index contributed by atoms with van der Waals surface area (Å²) < 4.78 is 13.5. The molecule has 0 bridgehead atoms. The molecule has 2 nitrogen and oxygen atoms in total. The minimum atomic E-state index is -0.200. The van der Waals surface area contributed by atoms with Gasteiger partial charge in [-0.15, -0.1) is 0 Å². The molecule has 1 saturated carbocycles. The maximum absolute atomic E-state index is 13.5. The predicted molar refractivity (Wildman–Crippen MR) is 72.1 cm³/mol. The number of rotatable bonds is 3. The van der Waals surface area contributed by atoms with Gasteiger partial charge < -0.3 is 4.90 Å². The van der Waals surface area contributed by atoms with Gasteiger partial charge in [-0.05, 0) is 42.7 Å². The van der Waals surface area contributed by atoms with Crippen molar-refractivity contribution in [3.63, 3.8) is 0 Å². The third-order valence-electron chi connectivity index (χ3n) is 4.65. The van der Waals surface area contributed by atoms with Crippen LogP contribution in [0.3, 0.4) is 0 Å². The second-order valence-corrected chi connectivity index (χ2v) is 5.84. The highest BCUT2D eigenvalue weighted by Crippen LogP contribution is 2.37. The van der Waals surface area contributed by atoms with Gasteiger partial charge in [0.2, 0.25) is 5.91 Å². The largest absolute Gasteiger partial charge is 0.342 e. The summed E-state index contributed by atoms with van der Waals surface area (Å²) in [5.74, 6) is 1.46. The molecule has 1 aliphatic carbocycles. The summed E-state index contributed by atoms with van der Waals surface area (Å²) in [5.41, 5.74) is 0.648. The van der Waals surface area contributed by atoms with Crippen LogP contribution in [0.5, 0.6) is 0 Å². The Labute approximate surface area is 113 Å². The van der Waals surface area contributed by atoms with Crippen LogP contribution in [0.1, 0.15) is 31.2 Å². The average molecular weight is 261 g/mol. The van der Waals surface area contributed by atoms with E-state index in [1.54, 1.807) is 12.1 Å². The van der Waals surface area contributed by atoms with E-state index in [1.165, 1.54) is 25.3 Å². The zero-order valence-corrected chi connectivity index (χ0v) is 11.1. The SMILES string of the molecule is O=C(CCc1ccccc1F)N1CC2CCCC2C1. The van der Waals surface area contributed by atoms with Crippen LogP contribution in [0.25, 0.3) is 0 Å². The lowest BCUT2D eigenvalue weighted by atomic mass is 10.0. The molecule has 0 spiro atoms. The number of carbonyl (C=O) groups excluding carboxylic acids is 1. The number of fused-ring (bicyclic) bond motifs is 1. The second kappa shape index (κ2) is 5.32. The van der Waals surface area contributed by atoms with Gasteiger partial charge in [0.1, 0.15) is 5.82 Å². The Morgan fingerprint density at radius 1 is 1.21 bits per heavy atom. The van der Waals surface area contributed by atoms with E-state index >= 15 is 0 Å². The van der Waals surface area contributed by atoms with Gasteiger partial charge in [0.15, 0.2) is 0 Å². The number of benzene rings is 1. The molecule has 2 atom stereocenters. The van der Waals surface area contributed by atoms with Crippen LogP contribution < -0.4 is 0 Å². The van der Waals surface area contributed by atoms with Crippen LogP contribution in [0, 0.1) is 17.7 Å². The number of nitrogens with zero attached hydrogens (tertiary/aromatic N) is 1. The number of halogens is 1. The van der Waals surface area contributed by atoms with E-state index in [1.807, 2.05) is 11.0 Å². The molecule has 2 aliphatic rings. The number of aryl methyl sites for hydroxylation is 1. The van der Waals surface area contributed by atoms with Crippen LogP contribution in [0.15, 0.2) is 24.3 Å². The molecule has 102 valence electrons. The minimum Gasteiger partial charge on any atom is -0.342 e. The van der Waals surface area contributed by atoms with Crippen LogP contribution in [-0.4, -0.2) is 23.9 Å². The molecule has 1 saturated heterocycles. The van der Waals surface area contributed by atoms with Crippen molar-refractivity contribution in [1.82, 2.24) is 4.90 Å². The molecule has 1 aromatic rings. The van der Waals surface area contributed by atoms with Gasteiger partial charge in [-0.1, -0.05) is 24.6 Å². The van der Waals surface area contributed by atoms with Crippen molar-refractivity contribution in [3.05, 3.63) is 35.6 Å². The lowest BCUT2D eigenvalue weighted by molar-refractivity contribution is -0.130. The molecule has 1 heterocycles. The summed E-state index contributed by atoms with van der Waals surface area (Å²) in [6.07, 6.45) is 4.83. The standard InChI is InChI=1S/C16H20FNO/c17-15-7-2-1-4-12(15)8-9-16(19)18-10-13-5-3-6-14(13)11-18/h1-2,4,7,13-14H,3,5-6,8-11H2. The monoisotopic (exact) mass is 261 g/mol. The fourth-order valence-corrected chi connectivity index (χ4v) is 3.54. The van der Waals surface area contributed by atoms with Gasteiger partial charge in [-0.2, -0.15) is 0 Å². The van der Waals surface area contributed by atoms with Crippen LogP contribution >= 0.6 is 0 Å². The van der Waals surface area contributed by atoms with Crippen molar-refractivity contribution in [1.29, 1.82) is 0 Å². The van der Waals surface area contributed by atoms with Crippen LogP contribution in [0.2, 0.25) is 0 Å². The number of amides is 1. The van der Waals surface area contributed by atoms with Gasteiger partial charge in [0.05, 0.1) is 0 Å². The highest BCUT2D eigenvalue weighted by atomic mass is 19.1. The first-order valence-electron chi connectivity index (χ1n) is 7.25. The Hall–Kier alpha value is -1.38. The van der Waals surface area contributed by atoms with Crippen molar-refractivity contribution in [2.45, 2.75) is 32.1 Å². The van der Waals surface area contributed by atoms with Crippen molar-refractivity contribution >= 4 is 5.91 Å². The van der Waals surface area contributed by atoms with Gasteiger partial charge in [0, 0.05) is 19.5 Å². The second-order valence-electron chi connectivity index (χ2n) is 5.84. The Morgan fingerprint density at radius 2 is 1.89 bits per heavy atom. The lowest BCUT2D eigenvalue weighted by Crippen LogP contribution is -2.29. The van der Waals surface area contributed by atoms with Crippen LogP contribution in [-0.2, 0) is 11.2 Å².